The van der Waals surface area contributed by atoms with Crippen LogP contribution in [0.3, 0.4) is 0 Å². The van der Waals surface area contributed by atoms with E-state index in [1.807, 2.05) is 6.92 Å². The molecular weight excluding hydrogens is 344 g/mol. The molecule has 1 aliphatic heterocycles. The lowest BCUT2D eigenvalue weighted by Gasteiger charge is -2.33. The van der Waals surface area contributed by atoms with E-state index >= 15 is 0 Å². The Morgan fingerprint density at radius 3 is 2.36 bits per heavy atom. The number of ether oxygens (including phenoxy) is 1. The van der Waals surface area contributed by atoms with Crippen LogP contribution in [0.15, 0.2) is 33.6 Å². The number of aryl methyl sites for hydroxylation is 1. The number of hydrogen-bond donors (Lipinski definition) is 0. The molecule has 0 atom stereocenters. The molecule has 0 saturated carbocycles. The third-order valence-electron chi connectivity index (χ3n) is 4.03. The second kappa shape index (κ2) is 7.51. The molecule has 9 heteroatoms. The highest BCUT2D eigenvalue weighted by Gasteiger charge is 2.29. The van der Waals surface area contributed by atoms with Gasteiger partial charge in [0.15, 0.2) is 0 Å². The summed E-state index contributed by atoms with van der Waals surface area (Å²) in [5.41, 5.74) is 0. The molecule has 25 heavy (non-hydrogen) atoms. The Morgan fingerprint density at radius 1 is 1.12 bits per heavy atom. The molecule has 0 spiro atoms. The van der Waals surface area contributed by atoms with Gasteiger partial charge in [-0.3, -0.25) is 4.90 Å². The van der Waals surface area contributed by atoms with E-state index < -0.39 is 10.0 Å². The highest BCUT2D eigenvalue weighted by atomic mass is 32.2. The molecule has 2 heterocycles. The molecule has 1 aliphatic rings. The molecule has 1 fully saturated rings. The van der Waals surface area contributed by atoms with Crippen LogP contribution in [0.5, 0.6) is 5.75 Å². The minimum atomic E-state index is -3.49. The number of nitrogens with zero attached hydrogens (tertiary/aromatic N) is 4. The number of sulfonamides is 1. The van der Waals surface area contributed by atoms with Crippen LogP contribution < -0.4 is 4.74 Å². The summed E-state index contributed by atoms with van der Waals surface area (Å²) in [5, 5.41) is 7.78. The van der Waals surface area contributed by atoms with E-state index in [9.17, 15) is 8.42 Å². The number of piperazine rings is 1. The molecule has 0 bridgehead atoms. The lowest BCUT2D eigenvalue weighted by molar-refractivity contribution is 0.167. The lowest BCUT2D eigenvalue weighted by Crippen LogP contribution is -2.48. The predicted octanol–water partition coefficient (Wildman–Crippen LogP) is 1.28. The second-order valence-electron chi connectivity index (χ2n) is 5.80. The van der Waals surface area contributed by atoms with Crippen LogP contribution in [-0.4, -0.2) is 60.6 Å². The summed E-state index contributed by atoms with van der Waals surface area (Å²) >= 11 is 0. The van der Waals surface area contributed by atoms with Crippen molar-refractivity contribution in [2.24, 2.45) is 0 Å². The Bertz CT molecular complexity index is 796. The van der Waals surface area contributed by atoms with Crippen molar-refractivity contribution in [1.82, 2.24) is 19.4 Å². The molecule has 3 rings (SSSR count). The first-order chi connectivity index (χ1) is 12.0. The Hall–Kier alpha value is -1.97. The Morgan fingerprint density at radius 2 is 1.80 bits per heavy atom. The first-order valence-electron chi connectivity index (χ1n) is 8.23. The molecule has 1 aromatic carbocycles. The van der Waals surface area contributed by atoms with E-state index in [0.717, 1.165) is 0 Å². The van der Waals surface area contributed by atoms with Gasteiger partial charge in [-0.25, -0.2) is 8.42 Å². The highest BCUT2D eigenvalue weighted by Crippen LogP contribution is 2.21. The van der Waals surface area contributed by atoms with Crippen molar-refractivity contribution in [2.75, 3.05) is 32.8 Å². The van der Waals surface area contributed by atoms with Crippen molar-refractivity contribution < 1.29 is 17.6 Å². The molecule has 0 unspecified atom stereocenters. The van der Waals surface area contributed by atoms with E-state index in [-0.39, 0.29) is 4.90 Å². The van der Waals surface area contributed by atoms with Gasteiger partial charge in [-0.15, -0.1) is 10.2 Å². The first-order valence-corrected chi connectivity index (χ1v) is 9.67. The summed E-state index contributed by atoms with van der Waals surface area (Å²) in [4.78, 5) is 2.40. The van der Waals surface area contributed by atoms with Crippen LogP contribution in [0.25, 0.3) is 0 Å². The van der Waals surface area contributed by atoms with Crippen LogP contribution in [0.1, 0.15) is 18.7 Å². The minimum absolute atomic E-state index is 0.289. The summed E-state index contributed by atoms with van der Waals surface area (Å²) in [6.07, 6.45) is 0. The normalized spacial score (nSPS) is 16.9. The zero-order valence-electron chi connectivity index (χ0n) is 14.4. The Labute approximate surface area is 147 Å². The fourth-order valence-electron chi connectivity index (χ4n) is 2.74. The van der Waals surface area contributed by atoms with Gasteiger partial charge < -0.3 is 9.15 Å². The maximum Gasteiger partial charge on any atom is 0.243 e. The maximum absolute atomic E-state index is 12.8. The summed E-state index contributed by atoms with van der Waals surface area (Å²) < 4.78 is 37.7. The van der Waals surface area contributed by atoms with E-state index in [1.165, 1.54) is 4.31 Å². The minimum Gasteiger partial charge on any atom is -0.494 e. The zero-order chi connectivity index (χ0) is 17.9. The largest absolute Gasteiger partial charge is 0.494 e. The first kappa shape index (κ1) is 17.8. The van der Waals surface area contributed by atoms with Crippen molar-refractivity contribution >= 4 is 10.0 Å². The number of hydrogen-bond acceptors (Lipinski definition) is 7. The molecule has 0 amide bonds. The van der Waals surface area contributed by atoms with Crippen LogP contribution in [0, 0.1) is 6.92 Å². The van der Waals surface area contributed by atoms with E-state index in [1.54, 1.807) is 31.2 Å². The van der Waals surface area contributed by atoms with Gasteiger partial charge in [0.25, 0.3) is 0 Å². The molecule has 2 aromatic rings. The SMILES string of the molecule is CCOc1ccc(S(=O)(=O)N2CCN(Cc3nnc(C)o3)CC2)cc1. The van der Waals surface area contributed by atoms with Gasteiger partial charge in [-0.2, -0.15) is 4.31 Å². The third kappa shape index (κ3) is 4.17. The van der Waals surface area contributed by atoms with Gasteiger partial charge in [0, 0.05) is 33.1 Å². The lowest BCUT2D eigenvalue weighted by atomic mass is 10.3. The second-order valence-corrected chi connectivity index (χ2v) is 7.74. The summed E-state index contributed by atoms with van der Waals surface area (Å²) in [6, 6.07) is 6.55. The van der Waals surface area contributed by atoms with Crippen molar-refractivity contribution in [3.05, 3.63) is 36.0 Å². The topological polar surface area (TPSA) is 88.8 Å². The molecule has 1 saturated heterocycles. The van der Waals surface area contributed by atoms with Crippen molar-refractivity contribution in [1.29, 1.82) is 0 Å². The van der Waals surface area contributed by atoms with E-state index in [0.29, 0.717) is 56.9 Å². The molecule has 0 aliphatic carbocycles. The summed E-state index contributed by atoms with van der Waals surface area (Å²) in [5.74, 6) is 1.76. The molecule has 1 aromatic heterocycles. The number of rotatable bonds is 6. The summed E-state index contributed by atoms with van der Waals surface area (Å²) in [6.45, 7) is 6.84. The Balaban J connectivity index is 1.60. The van der Waals surface area contributed by atoms with Gasteiger partial charge in [0.1, 0.15) is 5.75 Å². The van der Waals surface area contributed by atoms with Crippen molar-refractivity contribution in [2.45, 2.75) is 25.3 Å². The average Bonchev–Trinajstić information content (AvgIpc) is 3.01. The predicted molar refractivity (Wildman–Crippen MR) is 90.7 cm³/mol. The van der Waals surface area contributed by atoms with Crippen LogP contribution >= 0.6 is 0 Å². The van der Waals surface area contributed by atoms with Gasteiger partial charge in [-0.05, 0) is 31.2 Å². The Kier molecular flexibility index (Phi) is 5.36. The fraction of sp³-hybridized carbons (Fsp3) is 0.500. The van der Waals surface area contributed by atoms with Crippen molar-refractivity contribution in [3.8, 4) is 5.75 Å². The number of aromatic nitrogens is 2. The highest BCUT2D eigenvalue weighted by molar-refractivity contribution is 7.89. The van der Waals surface area contributed by atoms with Crippen molar-refractivity contribution in [3.63, 3.8) is 0 Å². The average molecular weight is 366 g/mol. The van der Waals surface area contributed by atoms with E-state index in [4.69, 9.17) is 9.15 Å². The van der Waals surface area contributed by atoms with Crippen LogP contribution in [-0.2, 0) is 16.6 Å². The monoisotopic (exact) mass is 366 g/mol. The molecular formula is C16H22N4O4S. The van der Waals surface area contributed by atoms with Gasteiger partial charge in [0.05, 0.1) is 18.0 Å². The van der Waals surface area contributed by atoms with Crippen LogP contribution in [0.2, 0.25) is 0 Å². The quantitative estimate of drug-likeness (QED) is 0.761. The molecule has 0 N–H and O–H groups in total. The van der Waals surface area contributed by atoms with E-state index in [2.05, 4.69) is 15.1 Å². The van der Waals surface area contributed by atoms with Gasteiger partial charge in [-0.1, -0.05) is 0 Å². The molecule has 136 valence electrons. The molecule has 8 nitrogen and oxygen atoms in total. The fourth-order valence-corrected chi connectivity index (χ4v) is 4.17. The third-order valence-corrected chi connectivity index (χ3v) is 5.94. The van der Waals surface area contributed by atoms with Gasteiger partial charge >= 0.3 is 0 Å². The number of benzene rings is 1. The summed E-state index contributed by atoms with van der Waals surface area (Å²) in [7, 11) is -3.49. The van der Waals surface area contributed by atoms with Gasteiger partial charge in [0.2, 0.25) is 21.8 Å². The standard InChI is InChI=1S/C16H22N4O4S/c1-3-23-14-4-6-15(7-5-14)25(21,22)20-10-8-19(9-11-20)12-16-18-17-13(2)24-16/h4-7H,3,8-12H2,1-2H3. The zero-order valence-corrected chi connectivity index (χ0v) is 15.2. The maximum atomic E-state index is 12.8. The van der Waals surface area contributed by atoms with Crippen LogP contribution in [0.4, 0.5) is 0 Å². The smallest absolute Gasteiger partial charge is 0.243 e. The molecule has 0 radical (unpaired) electrons.